The molecule has 7 heteroatoms. The van der Waals surface area contributed by atoms with Gasteiger partial charge in [0.2, 0.25) is 11.7 Å². The van der Waals surface area contributed by atoms with E-state index in [1.54, 1.807) is 24.3 Å². The summed E-state index contributed by atoms with van der Waals surface area (Å²) in [5.41, 5.74) is 1.44. The molecule has 0 saturated heterocycles. The fraction of sp³-hybridized carbons (Fsp3) is 0.0556. The zero-order valence-corrected chi connectivity index (χ0v) is 13.7. The molecule has 1 N–H and O–H groups in total. The predicted octanol–water partition coefficient (Wildman–Crippen LogP) is 4.07. The van der Waals surface area contributed by atoms with Gasteiger partial charge >= 0.3 is 0 Å². The summed E-state index contributed by atoms with van der Waals surface area (Å²) < 4.78 is 10.7. The van der Waals surface area contributed by atoms with Crippen molar-refractivity contribution in [3.8, 4) is 11.4 Å². The highest BCUT2D eigenvalue weighted by molar-refractivity contribution is 6.31. The van der Waals surface area contributed by atoms with Gasteiger partial charge in [0.05, 0.1) is 6.54 Å². The first-order chi connectivity index (χ1) is 12.2. The van der Waals surface area contributed by atoms with Crippen LogP contribution >= 0.6 is 11.6 Å². The Morgan fingerprint density at radius 1 is 1.12 bits per heavy atom. The van der Waals surface area contributed by atoms with E-state index in [1.165, 1.54) is 0 Å². The summed E-state index contributed by atoms with van der Waals surface area (Å²) >= 11 is 5.93. The van der Waals surface area contributed by atoms with Gasteiger partial charge in [-0.1, -0.05) is 47.1 Å². The fourth-order valence-corrected chi connectivity index (χ4v) is 2.58. The first-order valence-electron chi connectivity index (χ1n) is 7.54. The molecule has 4 rings (SSSR count). The lowest BCUT2D eigenvalue weighted by molar-refractivity contribution is 0.0920. The van der Waals surface area contributed by atoms with Crippen molar-refractivity contribution in [3.63, 3.8) is 0 Å². The summed E-state index contributed by atoms with van der Waals surface area (Å²) in [5, 5.41) is 7.95. The highest BCUT2D eigenvalue weighted by Crippen LogP contribution is 2.23. The molecule has 2 aromatic heterocycles. The molecule has 6 nitrogen and oxygen atoms in total. The number of rotatable bonds is 4. The maximum absolute atomic E-state index is 12.2. The van der Waals surface area contributed by atoms with Crippen LogP contribution in [0, 0.1) is 0 Å². The third-order valence-corrected chi connectivity index (χ3v) is 3.84. The molecular formula is C18H12ClN3O3. The molecule has 0 saturated carbocycles. The second-order valence-corrected chi connectivity index (χ2v) is 5.79. The third-order valence-electron chi connectivity index (χ3n) is 3.60. The smallest absolute Gasteiger partial charge is 0.287 e. The Morgan fingerprint density at radius 2 is 1.96 bits per heavy atom. The van der Waals surface area contributed by atoms with Crippen molar-refractivity contribution in [2.75, 3.05) is 0 Å². The molecule has 2 heterocycles. The Kier molecular flexibility index (Phi) is 3.95. The van der Waals surface area contributed by atoms with E-state index in [2.05, 4.69) is 15.5 Å². The van der Waals surface area contributed by atoms with Crippen molar-refractivity contribution in [1.29, 1.82) is 0 Å². The van der Waals surface area contributed by atoms with E-state index in [4.69, 9.17) is 20.5 Å². The van der Waals surface area contributed by atoms with Gasteiger partial charge in [-0.15, -0.1) is 0 Å². The van der Waals surface area contributed by atoms with E-state index in [-0.39, 0.29) is 18.2 Å². The summed E-state index contributed by atoms with van der Waals surface area (Å²) in [4.78, 5) is 16.5. The van der Waals surface area contributed by atoms with E-state index in [1.807, 2.05) is 30.3 Å². The summed E-state index contributed by atoms with van der Waals surface area (Å²) in [6.07, 6.45) is 0. The first kappa shape index (κ1) is 15.4. The fourth-order valence-electron chi connectivity index (χ4n) is 2.40. The maximum atomic E-state index is 12.2. The van der Waals surface area contributed by atoms with Crippen LogP contribution in [0.5, 0.6) is 0 Å². The van der Waals surface area contributed by atoms with Crippen LogP contribution < -0.4 is 5.32 Å². The number of nitrogens with zero attached hydrogens (tertiary/aromatic N) is 2. The average Bonchev–Trinajstić information content (AvgIpc) is 3.27. The van der Waals surface area contributed by atoms with Crippen LogP contribution in [0.15, 0.2) is 63.5 Å². The number of hydrogen-bond donors (Lipinski definition) is 1. The van der Waals surface area contributed by atoms with Crippen molar-refractivity contribution < 1.29 is 13.7 Å². The van der Waals surface area contributed by atoms with E-state index in [9.17, 15) is 4.79 Å². The standard InChI is InChI=1S/C18H12ClN3O3/c19-13-6-7-14-12(8-13)9-15(24-14)18(23)20-10-16-21-17(22-25-16)11-4-2-1-3-5-11/h1-9H,10H2,(H,20,23). The molecule has 0 bridgehead atoms. The second-order valence-electron chi connectivity index (χ2n) is 5.35. The quantitative estimate of drug-likeness (QED) is 0.598. The topological polar surface area (TPSA) is 81.2 Å². The van der Waals surface area contributed by atoms with Gasteiger partial charge in [0.1, 0.15) is 5.58 Å². The van der Waals surface area contributed by atoms with Gasteiger partial charge in [-0.3, -0.25) is 4.79 Å². The minimum absolute atomic E-state index is 0.108. The SMILES string of the molecule is O=C(NCc1nc(-c2ccccc2)no1)c1cc2cc(Cl)ccc2o1. The number of furan rings is 1. The molecular weight excluding hydrogens is 342 g/mol. The molecule has 0 spiro atoms. The average molecular weight is 354 g/mol. The van der Waals surface area contributed by atoms with Crippen molar-refractivity contribution in [3.05, 3.63) is 71.3 Å². The minimum atomic E-state index is -0.369. The number of halogens is 1. The van der Waals surface area contributed by atoms with Gasteiger partial charge < -0.3 is 14.3 Å². The monoisotopic (exact) mass is 353 g/mol. The maximum Gasteiger partial charge on any atom is 0.287 e. The summed E-state index contributed by atoms with van der Waals surface area (Å²) in [6.45, 7) is 0.108. The number of benzene rings is 2. The van der Waals surface area contributed by atoms with Gasteiger partial charge in [-0.2, -0.15) is 4.98 Å². The Hall–Kier alpha value is -3.12. The van der Waals surface area contributed by atoms with Gasteiger partial charge in [0.15, 0.2) is 5.76 Å². The molecule has 25 heavy (non-hydrogen) atoms. The van der Waals surface area contributed by atoms with Gasteiger partial charge in [-0.25, -0.2) is 0 Å². The van der Waals surface area contributed by atoms with Crippen molar-refractivity contribution in [2.24, 2.45) is 0 Å². The van der Waals surface area contributed by atoms with Crippen LogP contribution in [-0.4, -0.2) is 16.0 Å². The van der Waals surface area contributed by atoms with Crippen LogP contribution in [0.25, 0.3) is 22.4 Å². The zero-order valence-electron chi connectivity index (χ0n) is 12.9. The van der Waals surface area contributed by atoms with Crippen LogP contribution in [0.3, 0.4) is 0 Å². The molecule has 0 aliphatic rings. The molecule has 0 unspecified atom stereocenters. The van der Waals surface area contributed by atoms with Crippen LogP contribution in [-0.2, 0) is 6.54 Å². The number of carbonyl (C=O) groups is 1. The van der Waals surface area contributed by atoms with E-state index in [0.29, 0.717) is 22.3 Å². The lowest BCUT2D eigenvalue weighted by Crippen LogP contribution is -2.22. The lowest BCUT2D eigenvalue weighted by Gasteiger charge is -1.98. The molecule has 0 aliphatic carbocycles. The van der Waals surface area contributed by atoms with Crippen LogP contribution in [0.4, 0.5) is 0 Å². The second kappa shape index (κ2) is 6.41. The Balaban J connectivity index is 1.45. The number of hydrogen-bond acceptors (Lipinski definition) is 5. The van der Waals surface area contributed by atoms with E-state index < -0.39 is 0 Å². The minimum Gasteiger partial charge on any atom is -0.451 e. The molecule has 0 aliphatic heterocycles. The number of carbonyl (C=O) groups excluding carboxylic acids is 1. The number of amides is 1. The molecule has 2 aromatic carbocycles. The lowest BCUT2D eigenvalue weighted by atomic mass is 10.2. The largest absolute Gasteiger partial charge is 0.451 e. The number of aromatic nitrogens is 2. The Morgan fingerprint density at radius 3 is 2.80 bits per heavy atom. The van der Waals surface area contributed by atoms with E-state index >= 15 is 0 Å². The van der Waals surface area contributed by atoms with Crippen LogP contribution in [0.2, 0.25) is 5.02 Å². The van der Waals surface area contributed by atoms with Gasteiger partial charge in [0.25, 0.3) is 5.91 Å². The Labute approximate surface area is 147 Å². The third kappa shape index (κ3) is 3.25. The molecule has 4 aromatic rings. The molecule has 124 valence electrons. The van der Waals surface area contributed by atoms with Crippen molar-refractivity contribution in [1.82, 2.24) is 15.5 Å². The van der Waals surface area contributed by atoms with Gasteiger partial charge in [-0.05, 0) is 24.3 Å². The first-order valence-corrected chi connectivity index (χ1v) is 7.92. The number of nitrogens with one attached hydrogen (secondary N) is 1. The zero-order chi connectivity index (χ0) is 17.2. The molecule has 0 atom stereocenters. The molecule has 1 amide bonds. The highest BCUT2D eigenvalue weighted by Gasteiger charge is 2.14. The summed E-state index contributed by atoms with van der Waals surface area (Å²) in [6, 6.07) is 16.3. The van der Waals surface area contributed by atoms with E-state index in [0.717, 1.165) is 10.9 Å². The van der Waals surface area contributed by atoms with Crippen molar-refractivity contribution >= 4 is 28.5 Å². The Bertz CT molecular complexity index is 1040. The molecule has 0 radical (unpaired) electrons. The normalized spacial score (nSPS) is 10.9. The number of fused-ring (bicyclic) bond motifs is 1. The highest BCUT2D eigenvalue weighted by atomic mass is 35.5. The summed E-state index contributed by atoms with van der Waals surface area (Å²) in [7, 11) is 0. The predicted molar refractivity (Wildman–Crippen MR) is 92.1 cm³/mol. The van der Waals surface area contributed by atoms with Crippen LogP contribution in [0.1, 0.15) is 16.4 Å². The van der Waals surface area contributed by atoms with Gasteiger partial charge in [0, 0.05) is 16.0 Å². The summed E-state index contributed by atoms with van der Waals surface area (Å²) in [5.74, 6) is 0.612. The van der Waals surface area contributed by atoms with Crippen molar-refractivity contribution in [2.45, 2.75) is 6.54 Å². The molecule has 0 fully saturated rings.